The second kappa shape index (κ2) is 5.35. The number of pyridine rings is 2. The number of hydrogen-bond acceptors (Lipinski definition) is 4. The maximum atomic E-state index is 12.1. The third kappa shape index (κ3) is 2.32. The van der Waals surface area contributed by atoms with Crippen LogP contribution in [0.4, 0.5) is 11.5 Å². The van der Waals surface area contributed by atoms with Gasteiger partial charge < -0.3 is 15.2 Å². The summed E-state index contributed by atoms with van der Waals surface area (Å²) in [6.45, 7) is 0.604. The predicted octanol–water partition coefficient (Wildman–Crippen LogP) is 2.91. The summed E-state index contributed by atoms with van der Waals surface area (Å²) in [7, 11) is 1.76. The summed E-state index contributed by atoms with van der Waals surface area (Å²) in [5.41, 5.74) is 2.06. The lowest BCUT2D eigenvalue weighted by atomic mass is 10.1. The third-order valence-corrected chi connectivity index (χ3v) is 4.27. The van der Waals surface area contributed by atoms with E-state index >= 15 is 0 Å². The van der Waals surface area contributed by atoms with E-state index in [1.807, 2.05) is 12.1 Å². The maximum absolute atomic E-state index is 12.1. The smallest absolute Gasteiger partial charge is 0.259 e. The van der Waals surface area contributed by atoms with E-state index in [1.165, 1.54) is 0 Å². The molecule has 0 bridgehead atoms. The van der Waals surface area contributed by atoms with Gasteiger partial charge >= 0.3 is 0 Å². The number of benzene rings is 1. The van der Waals surface area contributed by atoms with E-state index in [1.54, 1.807) is 36.3 Å². The van der Waals surface area contributed by atoms with Crippen molar-refractivity contribution in [3.05, 3.63) is 63.2 Å². The highest BCUT2D eigenvalue weighted by Crippen LogP contribution is 2.28. The largest absolute Gasteiger partial charge is 0.339 e. The number of nitrogens with one attached hydrogen (secondary N) is 2. The van der Waals surface area contributed by atoms with Crippen molar-refractivity contribution in [2.75, 3.05) is 12.4 Å². The van der Waals surface area contributed by atoms with Crippen LogP contribution in [0.5, 0.6) is 0 Å². The lowest BCUT2D eigenvalue weighted by molar-refractivity contribution is 0.0816. The standard InChI is InChI=1S/C17H13ClN4O2/c1-22-8-10-2-3-11(7-12(10)17(22)24)20-15-14-9(6-13(18)21-15)4-5-19-16(14)23/h2-7H,8H2,1H3,(H,19,23)(H,20,21). The van der Waals surface area contributed by atoms with Gasteiger partial charge in [-0.15, -0.1) is 0 Å². The number of rotatable bonds is 2. The molecule has 0 saturated heterocycles. The number of aromatic nitrogens is 2. The van der Waals surface area contributed by atoms with Crippen LogP contribution in [0.25, 0.3) is 10.8 Å². The van der Waals surface area contributed by atoms with Gasteiger partial charge in [0.05, 0.1) is 5.39 Å². The number of fused-ring (bicyclic) bond motifs is 2. The van der Waals surface area contributed by atoms with Gasteiger partial charge in [-0.3, -0.25) is 9.59 Å². The lowest BCUT2D eigenvalue weighted by Gasteiger charge is -2.10. The lowest BCUT2D eigenvalue weighted by Crippen LogP contribution is -2.17. The summed E-state index contributed by atoms with van der Waals surface area (Å²) >= 11 is 6.05. The Kier molecular flexibility index (Phi) is 3.28. The number of H-pyrrole nitrogens is 1. The predicted molar refractivity (Wildman–Crippen MR) is 92.9 cm³/mol. The van der Waals surface area contributed by atoms with Crippen LogP contribution in [0.1, 0.15) is 15.9 Å². The van der Waals surface area contributed by atoms with Gasteiger partial charge in [0.15, 0.2) is 0 Å². The molecule has 0 unspecified atom stereocenters. The van der Waals surface area contributed by atoms with Crippen molar-refractivity contribution >= 4 is 39.8 Å². The van der Waals surface area contributed by atoms with E-state index in [0.29, 0.717) is 34.4 Å². The monoisotopic (exact) mass is 340 g/mol. The molecule has 6 nitrogen and oxygen atoms in total. The SMILES string of the molecule is CN1Cc2ccc(Nc3nc(Cl)cc4cc[nH]c(=O)c34)cc2C1=O. The Hall–Kier alpha value is -2.86. The summed E-state index contributed by atoms with van der Waals surface area (Å²) in [6.07, 6.45) is 1.56. The molecule has 3 heterocycles. The molecule has 3 aromatic rings. The number of hydrogen-bond donors (Lipinski definition) is 2. The Morgan fingerprint density at radius 2 is 2.08 bits per heavy atom. The van der Waals surface area contributed by atoms with Gasteiger partial charge in [0.25, 0.3) is 11.5 Å². The van der Waals surface area contributed by atoms with Crippen molar-refractivity contribution < 1.29 is 4.79 Å². The fourth-order valence-electron chi connectivity index (χ4n) is 2.93. The van der Waals surface area contributed by atoms with E-state index in [2.05, 4.69) is 15.3 Å². The highest BCUT2D eigenvalue weighted by atomic mass is 35.5. The molecule has 4 rings (SSSR count). The fraction of sp³-hybridized carbons (Fsp3) is 0.118. The first-order valence-corrected chi connectivity index (χ1v) is 7.74. The number of carbonyl (C=O) groups is 1. The molecule has 1 aromatic carbocycles. The van der Waals surface area contributed by atoms with Gasteiger partial charge in [-0.2, -0.15) is 0 Å². The highest BCUT2D eigenvalue weighted by molar-refractivity contribution is 6.30. The highest BCUT2D eigenvalue weighted by Gasteiger charge is 2.24. The van der Waals surface area contributed by atoms with E-state index in [-0.39, 0.29) is 16.6 Å². The number of amides is 1. The normalized spacial score (nSPS) is 13.4. The molecule has 120 valence electrons. The first kappa shape index (κ1) is 14.7. The van der Waals surface area contributed by atoms with Crippen molar-refractivity contribution in [1.82, 2.24) is 14.9 Å². The molecular formula is C17H13ClN4O2. The van der Waals surface area contributed by atoms with Crippen LogP contribution in [0, 0.1) is 0 Å². The number of carbonyl (C=O) groups excluding carboxylic acids is 1. The van der Waals surface area contributed by atoms with E-state index in [4.69, 9.17) is 11.6 Å². The minimum Gasteiger partial charge on any atom is -0.339 e. The molecule has 1 aliphatic rings. The van der Waals surface area contributed by atoms with Gasteiger partial charge in [0, 0.05) is 31.0 Å². The van der Waals surface area contributed by atoms with Gasteiger partial charge in [-0.25, -0.2) is 4.98 Å². The molecule has 2 N–H and O–H groups in total. The molecule has 0 aliphatic carbocycles. The average molecular weight is 341 g/mol. The number of halogens is 1. The zero-order valence-corrected chi connectivity index (χ0v) is 13.5. The van der Waals surface area contributed by atoms with E-state index in [9.17, 15) is 9.59 Å². The number of nitrogens with zero attached hydrogens (tertiary/aromatic N) is 2. The first-order valence-electron chi connectivity index (χ1n) is 7.36. The molecule has 1 amide bonds. The van der Waals surface area contributed by atoms with E-state index in [0.717, 1.165) is 5.56 Å². The van der Waals surface area contributed by atoms with E-state index < -0.39 is 0 Å². The first-order chi connectivity index (χ1) is 11.5. The van der Waals surface area contributed by atoms with Crippen LogP contribution in [0.3, 0.4) is 0 Å². The van der Waals surface area contributed by atoms with Crippen molar-refractivity contribution in [2.24, 2.45) is 0 Å². The maximum Gasteiger partial charge on any atom is 0.259 e. The molecule has 24 heavy (non-hydrogen) atoms. The Labute approximate surface area is 142 Å². The number of aromatic amines is 1. The van der Waals surface area contributed by atoms with Crippen LogP contribution < -0.4 is 10.9 Å². The van der Waals surface area contributed by atoms with Gasteiger partial charge in [0.2, 0.25) is 0 Å². The van der Waals surface area contributed by atoms with Crippen molar-refractivity contribution in [3.63, 3.8) is 0 Å². The molecular weight excluding hydrogens is 328 g/mol. The Bertz CT molecular complexity index is 1040. The summed E-state index contributed by atoms with van der Waals surface area (Å²) in [5.74, 6) is 0.341. The second-order valence-electron chi connectivity index (χ2n) is 5.72. The van der Waals surface area contributed by atoms with Crippen LogP contribution >= 0.6 is 11.6 Å². The summed E-state index contributed by atoms with van der Waals surface area (Å²) in [6, 6.07) is 8.93. The summed E-state index contributed by atoms with van der Waals surface area (Å²) in [4.78, 5) is 32.8. The van der Waals surface area contributed by atoms with Crippen LogP contribution in [-0.2, 0) is 6.54 Å². The molecule has 0 saturated carbocycles. The third-order valence-electron chi connectivity index (χ3n) is 4.08. The van der Waals surface area contributed by atoms with Crippen LogP contribution in [-0.4, -0.2) is 27.8 Å². The molecule has 0 spiro atoms. The molecule has 0 atom stereocenters. The Balaban J connectivity index is 1.81. The van der Waals surface area contributed by atoms with Crippen molar-refractivity contribution in [2.45, 2.75) is 6.54 Å². The molecule has 7 heteroatoms. The average Bonchev–Trinajstić information content (AvgIpc) is 2.82. The van der Waals surface area contributed by atoms with Crippen molar-refractivity contribution in [3.8, 4) is 0 Å². The Morgan fingerprint density at radius 3 is 2.92 bits per heavy atom. The minimum absolute atomic E-state index is 0.0181. The minimum atomic E-state index is -0.254. The second-order valence-corrected chi connectivity index (χ2v) is 6.11. The molecule has 0 fully saturated rings. The fourth-order valence-corrected chi connectivity index (χ4v) is 3.13. The quantitative estimate of drug-likeness (QED) is 0.703. The molecule has 0 radical (unpaired) electrons. The van der Waals surface area contributed by atoms with Crippen LogP contribution in [0.2, 0.25) is 5.15 Å². The zero-order valence-electron chi connectivity index (χ0n) is 12.8. The summed E-state index contributed by atoms with van der Waals surface area (Å²) in [5, 5.41) is 4.51. The van der Waals surface area contributed by atoms with Gasteiger partial charge in [0.1, 0.15) is 11.0 Å². The topological polar surface area (TPSA) is 78.1 Å². The van der Waals surface area contributed by atoms with Gasteiger partial charge in [-0.05, 0) is 35.2 Å². The molecule has 2 aromatic heterocycles. The van der Waals surface area contributed by atoms with Gasteiger partial charge in [-0.1, -0.05) is 17.7 Å². The molecule has 1 aliphatic heterocycles. The summed E-state index contributed by atoms with van der Waals surface area (Å²) < 4.78 is 0. The Morgan fingerprint density at radius 1 is 1.25 bits per heavy atom. The number of anilines is 2. The zero-order chi connectivity index (χ0) is 16.8. The van der Waals surface area contributed by atoms with Crippen LogP contribution in [0.15, 0.2) is 41.3 Å². The van der Waals surface area contributed by atoms with Crippen molar-refractivity contribution in [1.29, 1.82) is 0 Å².